The lowest BCUT2D eigenvalue weighted by Gasteiger charge is -2.16. The maximum Gasteiger partial charge on any atom is 0.371 e. The second-order valence-corrected chi connectivity index (χ2v) is 4.72. The number of carboxylic acids is 1. The number of fused-ring (bicyclic) bond motifs is 1. The second kappa shape index (κ2) is 6.54. The van der Waals surface area contributed by atoms with Crippen LogP contribution in [0.4, 0.5) is 0 Å². The summed E-state index contributed by atoms with van der Waals surface area (Å²) in [4.78, 5) is 13.0. The lowest BCUT2D eigenvalue weighted by molar-refractivity contribution is 0.0665. The maximum absolute atomic E-state index is 10.9. The molecule has 5 heteroatoms. The molecule has 0 radical (unpaired) electrons. The third-order valence-corrected chi connectivity index (χ3v) is 3.07. The number of rotatable bonds is 7. The average Bonchev–Trinajstić information content (AvgIpc) is 2.82. The minimum atomic E-state index is -1.04. The van der Waals surface area contributed by atoms with E-state index in [1.807, 2.05) is 32.2 Å². The Labute approximate surface area is 117 Å². The van der Waals surface area contributed by atoms with Gasteiger partial charge in [0.25, 0.3) is 0 Å². The van der Waals surface area contributed by atoms with Crippen LogP contribution < -0.4 is 0 Å². The van der Waals surface area contributed by atoms with Crippen LogP contribution in [0.1, 0.15) is 23.0 Å². The number of benzene rings is 1. The van der Waals surface area contributed by atoms with E-state index in [4.69, 9.17) is 14.3 Å². The molecule has 0 aliphatic rings. The van der Waals surface area contributed by atoms with Gasteiger partial charge in [-0.1, -0.05) is 6.07 Å². The van der Waals surface area contributed by atoms with E-state index in [0.29, 0.717) is 12.2 Å². The zero-order valence-corrected chi connectivity index (χ0v) is 11.8. The van der Waals surface area contributed by atoms with Crippen molar-refractivity contribution in [3.05, 3.63) is 35.6 Å². The number of furan rings is 1. The maximum atomic E-state index is 10.9. The summed E-state index contributed by atoms with van der Waals surface area (Å²) in [6.07, 6.45) is 0. The van der Waals surface area contributed by atoms with Crippen LogP contribution in [0, 0.1) is 0 Å². The van der Waals surface area contributed by atoms with Crippen LogP contribution in [-0.2, 0) is 11.3 Å². The van der Waals surface area contributed by atoms with Gasteiger partial charge < -0.3 is 14.3 Å². The summed E-state index contributed by atoms with van der Waals surface area (Å²) < 4.78 is 10.6. The summed E-state index contributed by atoms with van der Waals surface area (Å²) in [6, 6.07) is 7.28. The Balaban J connectivity index is 2.05. The Bertz CT molecular complexity index is 591. The summed E-state index contributed by atoms with van der Waals surface area (Å²) in [5, 5.41) is 9.72. The molecule has 0 spiro atoms. The third-order valence-electron chi connectivity index (χ3n) is 3.07. The number of nitrogens with zero attached hydrogens (tertiary/aromatic N) is 1. The molecule has 0 saturated heterocycles. The van der Waals surface area contributed by atoms with E-state index >= 15 is 0 Å². The molecule has 1 aromatic heterocycles. The van der Waals surface area contributed by atoms with E-state index in [2.05, 4.69) is 4.90 Å². The topological polar surface area (TPSA) is 62.9 Å². The van der Waals surface area contributed by atoms with E-state index < -0.39 is 5.97 Å². The lowest BCUT2D eigenvalue weighted by atomic mass is 10.1. The number of carboxylic acid groups (broad SMARTS) is 1. The van der Waals surface area contributed by atoms with Gasteiger partial charge in [0.05, 0.1) is 6.61 Å². The molecule has 0 fully saturated rings. The molecule has 2 rings (SSSR count). The third kappa shape index (κ3) is 3.59. The van der Waals surface area contributed by atoms with Crippen molar-refractivity contribution < 1.29 is 19.1 Å². The molecule has 0 saturated carbocycles. The number of hydrogen-bond donors (Lipinski definition) is 1. The van der Waals surface area contributed by atoms with Crippen molar-refractivity contribution >= 4 is 16.9 Å². The van der Waals surface area contributed by atoms with Crippen LogP contribution in [0.15, 0.2) is 28.7 Å². The molecule has 5 nitrogen and oxygen atoms in total. The molecular weight excluding hydrogens is 258 g/mol. The quantitative estimate of drug-likeness (QED) is 0.788. The largest absolute Gasteiger partial charge is 0.475 e. The minimum absolute atomic E-state index is 0.0261. The van der Waals surface area contributed by atoms with E-state index in [0.717, 1.165) is 30.6 Å². The summed E-state index contributed by atoms with van der Waals surface area (Å²) in [5.74, 6) is -1.07. The molecule has 0 amide bonds. The van der Waals surface area contributed by atoms with Crippen molar-refractivity contribution in [2.75, 3.05) is 26.8 Å². The molecule has 0 aliphatic carbocycles. The molecule has 20 heavy (non-hydrogen) atoms. The molecule has 0 unspecified atom stereocenters. The normalized spacial score (nSPS) is 11.3. The van der Waals surface area contributed by atoms with Crippen molar-refractivity contribution in [2.24, 2.45) is 0 Å². The van der Waals surface area contributed by atoms with Gasteiger partial charge in [-0.25, -0.2) is 4.79 Å². The first kappa shape index (κ1) is 14.6. The fourth-order valence-electron chi connectivity index (χ4n) is 2.05. The van der Waals surface area contributed by atoms with Gasteiger partial charge in [-0.2, -0.15) is 0 Å². The standard InChI is InChI=1S/C15H19NO4/c1-3-19-7-6-16(2)10-11-4-5-13-12(8-11)9-14(20-13)15(17)18/h4-5,8-9H,3,6-7,10H2,1-2H3,(H,17,18). The SMILES string of the molecule is CCOCCN(C)Cc1ccc2oc(C(=O)O)cc2c1. The highest BCUT2D eigenvalue weighted by Crippen LogP contribution is 2.21. The van der Waals surface area contributed by atoms with Gasteiger partial charge >= 0.3 is 5.97 Å². The molecule has 2 aromatic rings. The van der Waals surface area contributed by atoms with E-state index in [1.165, 1.54) is 0 Å². The summed E-state index contributed by atoms with van der Waals surface area (Å²) in [5.41, 5.74) is 1.72. The first-order chi connectivity index (χ1) is 9.60. The number of hydrogen-bond acceptors (Lipinski definition) is 4. The van der Waals surface area contributed by atoms with Crippen LogP contribution in [0.3, 0.4) is 0 Å². The van der Waals surface area contributed by atoms with Crippen molar-refractivity contribution in [1.82, 2.24) is 4.90 Å². The highest BCUT2D eigenvalue weighted by atomic mass is 16.5. The zero-order chi connectivity index (χ0) is 14.5. The Morgan fingerprint density at radius 2 is 2.20 bits per heavy atom. The van der Waals surface area contributed by atoms with Crippen LogP contribution in [-0.4, -0.2) is 42.8 Å². The zero-order valence-electron chi connectivity index (χ0n) is 11.8. The monoisotopic (exact) mass is 277 g/mol. The van der Waals surface area contributed by atoms with Crippen LogP contribution >= 0.6 is 0 Å². The van der Waals surface area contributed by atoms with Gasteiger partial charge in [-0.15, -0.1) is 0 Å². The molecular formula is C15H19NO4. The van der Waals surface area contributed by atoms with Gasteiger partial charge in [0, 0.05) is 25.1 Å². The van der Waals surface area contributed by atoms with E-state index in [9.17, 15) is 4.79 Å². The Morgan fingerprint density at radius 1 is 1.40 bits per heavy atom. The summed E-state index contributed by atoms with van der Waals surface area (Å²) in [7, 11) is 2.03. The van der Waals surface area contributed by atoms with E-state index in [-0.39, 0.29) is 5.76 Å². The smallest absolute Gasteiger partial charge is 0.371 e. The molecule has 0 aliphatic heterocycles. The van der Waals surface area contributed by atoms with E-state index in [1.54, 1.807) is 6.07 Å². The van der Waals surface area contributed by atoms with Crippen molar-refractivity contribution in [1.29, 1.82) is 0 Å². The molecule has 1 N–H and O–H groups in total. The fourth-order valence-corrected chi connectivity index (χ4v) is 2.05. The molecule has 0 bridgehead atoms. The van der Waals surface area contributed by atoms with Crippen molar-refractivity contribution in [3.8, 4) is 0 Å². The molecule has 0 atom stereocenters. The Morgan fingerprint density at radius 3 is 2.90 bits per heavy atom. The molecule has 1 heterocycles. The van der Waals surface area contributed by atoms with Gasteiger partial charge in [-0.3, -0.25) is 4.90 Å². The highest BCUT2D eigenvalue weighted by molar-refractivity contribution is 5.91. The van der Waals surface area contributed by atoms with Gasteiger partial charge in [0.1, 0.15) is 5.58 Å². The predicted octanol–water partition coefficient (Wildman–Crippen LogP) is 2.60. The lowest BCUT2D eigenvalue weighted by Crippen LogP contribution is -2.22. The van der Waals surface area contributed by atoms with Gasteiger partial charge in [0.15, 0.2) is 0 Å². The number of carbonyl (C=O) groups is 1. The minimum Gasteiger partial charge on any atom is -0.475 e. The number of likely N-dealkylation sites (N-methyl/N-ethyl adjacent to an activating group) is 1. The second-order valence-electron chi connectivity index (χ2n) is 4.72. The first-order valence-corrected chi connectivity index (χ1v) is 6.62. The van der Waals surface area contributed by atoms with Gasteiger partial charge in [0.2, 0.25) is 5.76 Å². The summed E-state index contributed by atoms with van der Waals surface area (Å²) in [6.45, 7) is 5.07. The van der Waals surface area contributed by atoms with Crippen molar-refractivity contribution in [2.45, 2.75) is 13.5 Å². The Hall–Kier alpha value is -1.85. The molecule has 1 aromatic carbocycles. The summed E-state index contributed by atoms with van der Waals surface area (Å²) >= 11 is 0. The predicted molar refractivity (Wildman–Crippen MR) is 76.0 cm³/mol. The molecule has 108 valence electrons. The average molecular weight is 277 g/mol. The van der Waals surface area contributed by atoms with Crippen molar-refractivity contribution in [3.63, 3.8) is 0 Å². The van der Waals surface area contributed by atoms with Crippen LogP contribution in [0.2, 0.25) is 0 Å². The fraction of sp³-hybridized carbons (Fsp3) is 0.400. The first-order valence-electron chi connectivity index (χ1n) is 6.62. The number of ether oxygens (including phenoxy) is 1. The highest BCUT2D eigenvalue weighted by Gasteiger charge is 2.11. The Kier molecular flexibility index (Phi) is 4.76. The van der Waals surface area contributed by atoms with Crippen LogP contribution in [0.5, 0.6) is 0 Å². The number of aromatic carboxylic acids is 1. The van der Waals surface area contributed by atoms with Gasteiger partial charge in [-0.05, 0) is 37.7 Å². The van der Waals surface area contributed by atoms with Crippen LogP contribution in [0.25, 0.3) is 11.0 Å².